The molecule has 0 unspecified atom stereocenters. The normalized spacial score (nSPS) is 11.6. The van der Waals surface area contributed by atoms with Crippen LogP contribution in [0.3, 0.4) is 0 Å². The van der Waals surface area contributed by atoms with Gasteiger partial charge in [0.25, 0.3) is 0 Å². The summed E-state index contributed by atoms with van der Waals surface area (Å²) >= 11 is 9.45. The molecule has 18 heavy (non-hydrogen) atoms. The van der Waals surface area contributed by atoms with Crippen molar-refractivity contribution < 1.29 is 9.90 Å². The Morgan fingerprint density at radius 2 is 2.17 bits per heavy atom. The van der Waals surface area contributed by atoms with Crippen molar-refractivity contribution in [2.24, 2.45) is 5.41 Å². The second-order valence-corrected chi connectivity index (χ2v) is 6.17. The Hall–Kier alpha value is -0.580. The molecular formula is C13H17BrClNO2. The van der Waals surface area contributed by atoms with Crippen molar-refractivity contribution in [3.63, 3.8) is 0 Å². The van der Waals surface area contributed by atoms with Gasteiger partial charge in [0.1, 0.15) is 0 Å². The van der Waals surface area contributed by atoms with E-state index in [1.807, 2.05) is 18.2 Å². The maximum Gasteiger partial charge on any atom is 0.309 e. The predicted octanol–water partition coefficient (Wildman–Crippen LogP) is 3.69. The number of carboxylic acids is 1. The molecule has 0 aliphatic heterocycles. The summed E-state index contributed by atoms with van der Waals surface area (Å²) < 4.78 is 0.981. The monoisotopic (exact) mass is 333 g/mol. The third kappa shape index (κ3) is 4.59. The molecule has 0 amide bonds. The number of rotatable bonds is 6. The van der Waals surface area contributed by atoms with Gasteiger partial charge >= 0.3 is 5.97 Å². The molecule has 0 spiro atoms. The van der Waals surface area contributed by atoms with Crippen molar-refractivity contribution >= 4 is 33.5 Å². The zero-order valence-electron chi connectivity index (χ0n) is 10.5. The van der Waals surface area contributed by atoms with Crippen molar-refractivity contribution in [3.8, 4) is 0 Å². The van der Waals surface area contributed by atoms with Gasteiger partial charge in [-0.2, -0.15) is 0 Å². The van der Waals surface area contributed by atoms with E-state index in [1.165, 1.54) is 0 Å². The fraction of sp³-hybridized carbons (Fsp3) is 0.462. The van der Waals surface area contributed by atoms with E-state index in [9.17, 15) is 4.79 Å². The van der Waals surface area contributed by atoms with E-state index in [2.05, 4.69) is 21.2 Å². The minimum atomic E-state index is -0.773. The summed E-state index contributed by atoms with van der Waals surface area (Å²) in [6, 6.07) is 5.68. The number of carboxylic acid groups (broad SMARTS) is 1. The number of carbonyl (C=O) groups is 1. The maximum atomic E-state index is 10.9. The average Bonchev–Trinajstić information content (AvgIpc) is 2.28. The lowest BCUT2D eigenvalue weighted by atomic mass is 9.90. The molecule has 0 bridgehead atoms. The van der Waals surface area contributed by atoms with Crippen LogP contribution in [-0.2, 0) is 11.3 Å². The van der Waals surface area contributed by atoms with Crippen LogP contribution >= 0.6 is 27.5 Å². The highest BCUT2D eigenvalue weighted by Gasteiger charge is 2.26. The predicted molar refractivity (Wildman–Crippen MR) is 76.9 cm³/mol. The number of benzene rings is 1. The lowest BCUT2D eigenvalue weighted by Crippen LogP contribution is -2.28. The van der Waals surface area contributed by atoms with Crippen LogP contribution in [0.15, 0.2) is 22.7 Å². The minimum absolute atomic E-state index is 0.577. The third-order valence-corrected chi connectivity index (χ3v) is 3.69. The lowest BCUT2D eigenvalue weighted by molar-refractivity contribution is -0.147. The molecule has 0 saturated carbocycles. The van der Waals surface area contributed by atoms with Gasteiger partial charge in [-0.15, -0.1) is 0 Å². The molecule has 2 N–H and O–H groups in total. The molecule has 1 aromatic carbocycles. The summed E-state index contributed by atoms with van der Waals surface area (Å²) in [6.07, 6.45) is 0.577. The van der Waals surface area contributed by atoms with Crippen LogP contribution in [0.4, 0.5) is 0 Å². The van der Waals surface area contributed by atoms with Crippen molar-refractivity contribution in [1.29, 1.82) is 0 Å². The van der Waals surface area contributed by atoms with Crippen molar-refractivity contribution in [2.75, 3.05) is 6.54 Å². The molecule has 0 aliphatic carbocycles. The number of hydrogen-bond acceptors (Lipinski definition) is 2. The van der Waals surface area contributed by atoms with E-state index in [4.69, 9.17) is 16.7 Å². The first-order valence-corrected chi connectivity index (χ1v) is 6.88. The minimum Gasteiger partial charge on any atom is -0.481 e. The molecule has 0 atom stereocenters. The zero-order chi connectivity index (χ0) is 13.8. The topological polar surface area (TPSA) is 49.3 Å². The van der Waals surface area contributed by atoms with E-state index in [0.717, 1.165) is 10.0 Å². The van der Waals surface area contributed by atoms with E-state index in [1.54, 1.807) is 13.8 Å². The summed E-state index contributed by atoms with van der Waals surface area (Å²) in [6.45, 7) is 4.72. The second kappa shape index (κ2) is 6.55. The summed E-state index contributed by atoms with van der Waals surface area (Å²) in [5.74, 6) is -0.773. The third-order valence-electron chi connectivity index (χ3n) is 2.83. The van der Waals surface area contributed by atoms with E-state index >= 15 is 0 Å². The molecule has 0 fully saturated rings. The highest BCUT2D eigenvalue weighted by molar-refractivity contribution is 9.10. The summed E-state index contributed by atoms with van der Waals surface area (Å²) in [5.41, 5.74) is 0.299. The van der Waals surface area contributed by atoms with E-state index < -0.39 is 11.4 Å². The Morgan fingerprint density at radius 1 is 1.50 bits per heavy atom. The molecule has 3 nitrogen and oxygen atoms in total. The first-order valence-electron chi connectivity index (χ1n) is 5.71. The molecule has 1 rings (SSSR count). The maximum absolute atomic E-state index is 10.9. The van der Waals surface area contributed by atoms with Gasteiger partial charge in [0.2, 0.25) is 0 Å². The Labute approximate surface area is 121 Å². The highest BCUT2D eigenvalue weighted by atomic mass is 79.9. The Kier molecular flexibility index (Phi) is 5.63. The molecular weight excluding hydrogens is 318 g/mol. The largest absolute Gasteiger partial charge is 0.481 e. The molecule has 0 aliphatic rings. The van der Waals surface area contributed by atoms with Crippen LogP contribution in [0.1, 0.15) is 25.8 Å². The summed E-state index contributed by atoms with van der Waals surface area (Å²) in [5, 5.41) is 12.9. The van der Waals surface area contributed by atoms with Gasteiger partial charge in [-0.05, 0) is 50.6 Å². The zero-order valence-corrected chi connectivity index (χ0v) is 12.8. The van der Waals surface area contributed by atoms with E-state index in [0.29, 0.717) is 24.5 Å². The molecule has 100 valence electrons. The van der Waals surface area contributed by atoms with Crippen LogP contribution in [0, 0.1) is 5.41 Å². The van der Waals surface area contributed by atoms with Crippen LogP contribution in [0.5, 0.6) is 0 Å². The Balaban J connectivity index is 2.43. The lowest BCUT2D eigenvalue weighted by Gasteiger charge is -2.19. The standard InChI is InChI=1S/C13H17BrClNO2/c1-13(2,12(17)18)5-6-16-8-9-7-10(14)3-4-11(9)15/h3-4,7,16H,5-6,8H2,1-2H3,(H,17,18). The van der Waals surface area contributed by atoms with Gasteiger partial charge in [0.15, 0.2) is 0 Å². The number of aliphatic carboxylic acids is 1. The fourth-order valence-electron chi connectivity index (χ4n) is 1.41. The first-order chi connectivity index (χ1) is 8.33. The van der Waals surface area contributed by atoms with Crippen molar-refractivity contribution in [3.05, 3.63) is 33.3 Å². The van der Waals surface area contributed by atoms with Crippen LogP contribution in [-0.4, -0.2) is 17.6 Å². The first kappa shape index (κ1) is 15.5. The Bertz CT molecular complexity index is 435. The number of nitrogens with one attached hydrogen (secondary N) is 1. The number of hydrogen-bond donors (Lipinski definition) is 2. The van der Waals surface area contributed by atoms with Gasteiger partial charge in [-0.1, -0.05) is 27.5 Å². The van der Waals surface area contributed by atoms with Crippen LogP contribution in [0.25, 0.3) is 0 Å². The molecule has 5 heteroatoms. The Morgan fingerprint density at radius 3 is 2.78 bits per heavy atom. The van der Waals surface area contributed by atoms with Gasteiger partial charge in [-0.25, -0.2) is 0 Å². The van der Waals surface area contributed by atoms with E-state index in [-0.39, 0.29) is 0 Å². The summed E-state index contributed by atoms with van der Waals surface area (Å²) in [4.78, 5) is 10.9. The molecule has 0 heterocycles. The van der Waals surface area contributed by atoms with Gasteiger partial charge in [0, 0.05) is 16.0 Å². The van der Waals surface area contributed by atoms with Crippen molar-refractivity contribution in [1.82, 2.24) is 5.32 Å². The smallest absolute Gasteiger partial charge is 0.309 e. The molecule has 0 saturated heterocycles. The molecule has 0 radical (unpaired) electrons. The average molecular weight is 335 g/mol. The molecule has 1 aromatic rings. The SMILES string of the molecule is CC(C)(CCNCc1cc(Br)ccc1Cl)C(=O)O. The van der Waals surface area contributed by atoms with Gasteiger partial charge in [-0.3, -0.25) is 4.79 Å². The quantitative estimate of drug-likeness (QED) is 0.780. The van der Waals surface area contributed by atoms with Crippen LogP contribution < -0.4 is 5.32 Å². The number of halogens is 2. The van der Waals surface area contributed by atoms with Gasteiger partial charge < -0.3 is 10.4 Å². The molecule has 0 aromatic heterocycles. The van der Waals surface area contributed by atoms with Gasteiger partial charge in [0.05, 0.1) is 5.41 Å². The summed E-state index contributed by atoms with van der Waals surface area (Å²) in [7, 11) is 0. The van der Waals surface area contributed by atoms with Crippen molar-refractivity contribution in [2.45, 2.75) is 26.8 Å². The highest BCUT2D eigenvalue weighted by Crippen LogP contribution is 2.22. The fourth-order valence-corrected chi connectivity index (χ4v) is 2.00. The second-order valence-electron chi connectivity index (χ2n) is 4.85. The van der Waals surface area contributed by atoms with Crippen LogP contribution in [0.2, 0.25) is 5.02 Å².